The van der Waals surface area contributed by atoms with Crippen LogP contribution in [0.15, 0.2) is 55.0 Å². The number of hydrogen-bond acceptors (Lipinski definition) is 5. The highest BCUT2D eigenvalue weighted by Gasteiger charge is 2.28. The van der Waals surface area contributed by atoms with Gasteiger partial charge in [-0.1, -0.05) is 12.1 Å². The molecule has 1 saturated heterocycles. The highest BCUT2D eigenvalue weighted by molar-refractivity contribution is 5.97. The van der Waals surface area contributed by atoms with Gasteiger partial charge in [-0.15, -0.1) is 0 Å². The highest BCUT2D eigenvalue weighted by Crippen LogP contribution is 2.29. The molecule has 172 valence electrons. The van der Waals surface area contributed by atoms with Crippen LogP contribution in [0.5, 0.6) is 11.5 Å². The molecule has 1 fully saturated rings. The van der Waals surface area contributed by atoms with Crippen molar-refractivity contribution in [2.24, 2.45) is 12.8 Å². The molecule has 0 saturated carbocycles. The molecule has 0 radical (unpaired) electrons. The number of phenolic OH excluding ortho intramolecular Hbond substituents is 1. The maximum atomic E-state index is 12.9. The van der Waals surface area contributed by atoms with Crippen molar-refractivity contribution in [1.82, 2.24) is 14.5 Å². The standard InChI is InChI=1S/C25H28N4O4/c1-16(17-3-6-19(30)7-4-17)25(32)29-11-9-20(10-12-29)33-23-8-5-18(13-21(23)24(26)31)22-14-28(2)15-27-22/h3-8,13-16,20,30H,9-12H2,1-2H3,(H2,26,31)/t16-/m0/s1. The number of primary amides is 1. The van der Waals surface area contributed by atoms with Gasteiger partial charge < -0.3 is 25.0 Å². The monoisotopic (exact) mass is 448 g/mol. The Bertz CT molecular complexity index is 1150. The van der Waals surface area contributed by atoms with Crippen molar-refractivity contribution >= 4 is 11.8 Å². The van der Waals surface area contributed by atoms with E-state index in [4.69, 9.17) is 10.5 Å². The zero-order valence-corrected chi connectivity index (χ0v) is 18.8. The number of aromatic hydroxyl groups is 1. The number of carbonyl (C=O) groups excluding carboxylic acids is 2. The van der Waals surface area contributed by atoms with Crippen LogP contribution < -0.4 is 10.5 Å². The topological polar surface area (TPSA) is 111 Å². The normalized spacial score (nSPS) is 15.3. The van der Waals surface area contributed by atoms with Crippen LogP contribution in [0.25, 0.3) is 11.3 Å². The van der Waals surface area contributed by atoms with E-state index >= 15 is 0 Å². The Morgan fingerprint density at radius 2 is 1.85 bits per heavy atom. The van der Waals surface area contributed by atoms with Gasteiger partial charge in [-0.05, 0) is 42.8 Å². The van der Waals surface area contributed by atoms with E-state index in [2.05, 4.69) is 4.98 Å². The van der Waals surface area contributed by atoms with Crippen LogP contribution in [0.4, 0.5) is 0 Å². The van der Waals surface area contributed by atoms with Crippen LogP contribution in [-0.2, 0) is 11.8 Å². The third-order valence-corrected chi connectivity index (χ3v) is 6.06. The van der Waals surface area contributed by atoms with Gasteiger partial charge in [0.2, 0.25) is 5.91 Å². The Morgan fingerprint density at radius 3 is 2.45 bits per heavy atom. The SMILES string of the molecule is C[C@H](C(=O)N1CCC(Oc2ccc(-c3cn(C)cn3)cc2C(N)=O)CC1)c1ccc(O)cc1. The summed E-state index contributed by atoms with van der Waals surface area (Å²) in [6.45, 7) is 3.02. The average molecular weight is 449 g/mol. The van der Waals surface area contributed by atoms with Gasteiger partial charge in [0, 0.05) is 44.7 Å². The number of ether oxygens (including phenoxy) is 1. The molecule has 8 heteroatoms. The lowest BCUT2D eigenvalue weighted by molar-refractivity contribution is -0.134. The minimum Gasteiger partial charge on any atom is -0.508 e. The number of benzene rings is 2. The molecule has 1 aliphatic rings. The zero-order valence-electron chi connectivity index (χ0n) is 18.8. The molecule has 1 aromatic heterocycles. The number of nitrogens with zero attached hydrogens (tertiary/aromatic N) is 3. The predicted molar refractivity (Wildman–Crippen MR) is 124 cm³/mol. The van der Waals surface area contributed by atoms with Crippen molar-refractivity contribution in [3.05, 3.63) is 66.1 Å². The number of nitrogens with two attached hydrogens (primary N) is 1. The van der Waals surface area contributed by atoms with Crippen LogP contribution >= 0.6 is 0 Å². The summed E-state index contributed by atoms with van der Waals surface area (Å²) in [5, 5.41) is 9.46. The minimum absolute atomic E-state index is 0.0525. The molecule has 2 aromatic carbocycles. The Labute approximate surface area is 192 Å². The number of likely N-dealkylation sites (tertiary alicyclic amines) is 1. The third-order valence-electron chi connectivity index (χ3n) is 6.06. The Hall–Kier alpha value is -3.81. The first-order valence-electron chi connectivity index (χ1n) is 11.0. The predicted octanol–water partition coefficient (Wildman–Crippen LogP) is 3.07. The van der Waals surface area contributed by atoms with Crippen LogP contribution in [0.2, 0.25) is 0 Å². The molecule has 0 unspecified atom stereocenters. The maximum Gasteiger partial charge on any atom is 0.252 e. The number of phenols is 1. The van der Waals surface area contributed by atoms with E-state index in [-0.39, 0.29) is 23.7 Å². The Balaban J connectivity index is 1.40. The molecular weight excluding hydrogens is 420 g/mol. The molecule has 0 bridgehead atoms. The quantitative estimate of drug-likeness (QED) is 0.602. The lowest BCUT2D eigenvalue weighted by Crippen LogP contribution is -2.43. The van der Waals surface area contributed by atoms with Crippen LogP contribution in [-0.4, -0.2) is 50.6 Å². The summed E-state index contributed by atoms with van der Waals surface area (Å²) >= 11 is 0. The van der Waals surface area contributed by atoms with Crippen LogP contribution in [0, 0.1) is 0 Å². The summed E-state index contributed by atoms with van der Waals surface area (Å²) in [7, 11) is 1.88. The summed E-state index contributed by atoms with van der Waals surface area (Å²) in [6.07, 6.45) is 4.77. The molecule has 0 aliphatic carbocycles. The maximum absolute atomic E-state index is 12.9. The van der Waals surface area contributed by atoms with E-state index in [1.165, 1.54) is 0 Å². The van der Waals surface area contributed by atoms with Gasteiger partial charge in [0.05, 0.1) is 23.5 Å². The second-order valence-electron chi connectivity index (χ2n) is 8.46. The van der Waals surface area contributed by atoms with Crippen LogP contribution in [0.3, 0.4) is 0 Å². The van der Waals surface area contributed by atoms with Gasteiger partial charge in [-0.2, -0.15) is 0 Å². The fraction of sp³-hybridized carbons (Fsp3) is 0.320. The first-order chi connectivity index (χ1) is 15.8. The summed E-state index contributed by atoms with van der Waals surface area (Å²) in [5.74, 6) is -0.164. The van der Waals surface area contributed by atoms with Crippen molar-refractivity contribution in [3.63, 3.8) is 0 Å². The van der Waals surface area contributed by atoms with Gasteiger partial charge in [-0.25, -0.2) is 4.98 Å². The van der Waals surface area contributed by atoms with Gasteiger partial charge in [0.15, 0.2) is 0 Å². The summed E-state index contributed by atoms with van der Waals surface area (Å²) < 4.78 is 7.97. The van der Waals surface area contributed by atoms with Gasteiger partial charge in [0.1, 0.15) is 17.6 Å². The molecule has 33 heavy (non-hydrogen) atoms. The zero-order chi connectivity index (χ0) is 23.5. The summed E-state index contributed by atoms with van der Waals surface area (Å²) in [6, 6.07) is 12.1. The second kappa shape index (κ2) is 9.36. The van der Waals surface area contributed by atoms with Crippen molar-refractivity contribution in [2.45, 2.75) is 31.8 Å². The summed E-state index contributed by atoms with van der Waals surface area (Å²) in [5.41, 5.74) is 8.35. The fourth-order valence-electron chi connectivity index (χ4n) is 4.10. The minimum atomic E-state index is -0.557. The molecule has 8 nitrogen and oxygen atoms in total. The molecule has 2 heterocycles. The molecule has 3 aromatic rings. The fourth-order valence-corrected chi connectivity index (χ4v) is 4.10. The number of hydrogen-bond donors (Lipinski definition) is 2. The third kappa shape index (κ3) is 5.00. The van der Waals surface area contributed by atoms with Gasteiger partial charge >= 0.3 is 0 Å². The van der Waals surface area contributed by atoms with E-state index < -0.39 is 5.91 Å². The number of amides is 2. The Morgan fingerprint density at radius 1 is 1.15 bits per heavy atom. The molecule has 3 N–H and O–H groups in total. The van der Waals surface area contributed by atoms with Gasteiger partial charge in [-0.3, -0.25) is 9.59 Å². The number of imidazole rings is 1. The number of aromatic nitrogens is 2. The van der Waals surface area contributed by atoms with E-state index in [0.717, 1.165) is 16.8 Å². The number of aryl methyl sites for hydroxylation is 1. The van der Waals surface area contributed by atoms with Crippen molar-refractivity contribution in [3.8, 4) is 22.8 Å². The number of carbonyl (C=O) groups is 2. The number of rotatable bonds is 6. The first kappa shape index (κ1) is 22.4. The van der Waals surface area contributed by atoms with Crippen molar-refractivity contribution in [2.75, 3.05) is 13.1 Å². The lowest BCUT2D eigenvalue weighted by atomic mass is 9.98. The van der Waals surface area contributed by atoms with Gasteiger partial charge in [0.25, 0.3) is 5.91 Å². The highest BCUT2D eigenvalue weighted by atomic mass is 16.5. The first-order valence-corrected chi connectivity index (χ1v) is 11.0. The van der Waals surface area contributed by atoms with E-state index in [1.807, 2.05) is 35.7 Å². The molecule has 4 rings (SSSR count). The molecular formula is C25H28N4O4. The van der Waals surface area contributed by atoms with Crippen molar-refractivity contribution < 1.29 is 19.4 Å². The van der Waals surface area contributed by atoms with Crippen LogP contribution in [0.1, 0.15) is 41.6 Å². The molecule has 2 amide bonds. The largest absolute Gasteiger partial charge is 0.508 e. The summed E-state index contributed by atoms with van der Waals surface area (Å²) in [4.78, 5) is 31.2. The van der Waals surface area contributed by atoms with E-state index in [1.54, 1.807) is 42.7 Å². The van der Waals surface area contributed by atoms with Crippen molar-refractivity contribution in [1.29, 1.82) is 0 Å². The van der Waals surface area contributed by atoms with E-state index in [0.29, 0.717) is 37.2 Å². The second-order valence-corrected chi connectivity index (χ2v) is 8.46. The average Bonchev–Trinajstić information content (AvgIpc) is 3.25. The lowest BCUT2D eigenvalue weighted by Gasteiger charge is -2.34. The number of piperidine rings is 1. The smallest absolute Gasteiger partial charge is 0.252 e. The molecule has 0 spiro atoms. The molecule has 1 aliphatic heterocycles. The Kier molecular flexibility index (Phi) is 6.35. The molecule has 1 atom stereocenters. The van der Waals surface area contributed by atoms with E-state index in [9.17, 15) is 14.7 Å².